The minimum absolute atomic E-state index is 0.117. The molecule has 0 heterocycles. The molecule has 90 valence electrons. The Kier molecular flexibility index (Phi) is 4.58. The van der Waals surface area contributed by atoms with Crippen molar-refractivity contribution in [2.24, 2.45) is 0 Å². The van der Waals surface area contributed by atoms with E-state index < -0.39 is 10.0 Å². The zero-order valence-electron chi connectivity index (χ0n) is 8.90. The highest BCUT2D eigenvalue weighted by Crippen LogP contribution is 2.23. The molecule has 0 saturated heterocycles. The van der Waals surface area contributed by atoms with Crippen LogP contribution in [0.25, 0.3) is 0 Å². The van der Waals surface area contributed by atoms with Gasteiger partial charge in [0.1, 0.15) is 0 Å². The molecule has 1 rings (SSSR count). The number of aliphatic hydroxyl groups excluding tert-OH is 1. The predicted molar refractivity (Wildman–Crippen MR) is 65.3 cm³/mol. The molecule has 0 aliphatic rings. The van der Waals surface area contributed by atoms with Crippen LogP contribution in [-0.4, -0.2) is 25.9 Å². The van der Waals surface area contributed by atoms with Gasteiger partial charge in [-0.1, -0.05) is 17.7 Å². The Morgan fingerprint density at radius 3 is 2.75 bits per heavy atom. The SMILES string of the molecule is Cc1ccc(Cl)c(NS(=O)(=O)CCCO)c1. The van der Waals surface area contributed by atoms with Crippen molar-refractivity contribution in [3.8, 4) is 0 Å². The molecule has 0 atom stereocenters. The van der Waals surface area contributed by atoms with Crippen LogP contribution in [0.3, 0.4) is 0 Å². The molecule has 0 bridgehead atoms. The van der Waals surface area contributed by atoms with Gasteiger partial charge >= 0.3 is 0 Å². The Hall–Kier alpha value is -0.780. The molecule has 0 fully saturated rings. The van der Waals surface area contributed by atoms with E-state index in [1.165, 1.54) is 0 Å². The first-order valence-corrected chi connectivity index (χ1v) is 6.85. The second-order valence-corrected chi connectivity index (χ2v) is 5.73. The van der Waals surface area contributed by atoms with Gasteiger partial charge in [0.05, 0.1) is 16.5 Å². The smallest absolute Gasteiger partial charge is 0.232 e. The van der Waals surface area contributed by atoms with Crippen molar-refractivity contribution < 1.29 is 13.5 Å². The van der Waals surface area contributed by atoms with Crippen LogP contribution in [0, 0.1) is 6.92 Å². The number of nitrogens with one attached hydrogen (secondary N) is 1. The topological polar surface area (TPSA) is 66.4 Å². The third-order valence-electron chi connectivity index (χ3n) is 1.96. The third-order valence-corrected chi connectivity index (χ3v) is 3.65. The molecule has 0 saturated carbocycles. The van der Waals surface area contributed by atoms with Crippen LogP contribution in [0.5, 0.6) is 0 Å². The summed E-state index contributed by atoms with van der Waals surface area (Å²) < 4.78 is 25.5. The summed E-state index contributed by atoms with van der Waals surface area (Å²) in [5.74, 6) is -0.117. The highest BCUT2D eigenvalue weighted by molar-refractivity contribution is 7.92. The number of hydrogen-bond acceptors (Lipinski definition) is 3. The van der Waals surface area contributed by atoms with Crippen LogP contribution in [0.1, 0.15) is 12.0 Å². The van der Waals surface area contributed by atoms with Gasteiger partial charge in [-0.05, 0) is 31.0 Å². The number of aryl methyl sites for hydroxylation is 1. The average Bonchev–Trinajstić information content (AvgIpc) is 2.20. The van der Waals surface area contributed by atoms with Crippen molar-refractivity contribution in [3.05, 3.63) is 28.8 Å². The van der Waals surface area contributed by atoms with Gasteiger partial charge in [0.15, 0.2) is 0 Å². The van der Waals surface area contributed by atoms with Gasteiger partial charge in [-0.15, -0.1) is 0 Å². The summed E-state index contributed by atoms with van der Waals surface area (Å²) in [6.07, 6.45) is 0.207. The molecule has 16 heavy (non-hydrogen) atoms. The molecule has 0 aliphatic heterocycles. The van der Waals surface area contributed by atoms with Crippen LogP contribution in [-0.2, 0) is 10.0 Å². The molecule has 0 aliphatic carbocycles. The molecule has 2 N–H and O–H groups in total. The second-order valence-electron chi connectivity index (χ2n) is 3.48. The van der Waals surface area contributed by atoms with Gasteiger partial charge in [0.25, 0.3) is 0 Å². The van der Waals surface area contributed by atoms with Crippen LogP contribution < -0.4 is 4.72 Å². The summed E-state index contributed by atoms with van der Waals surface area (Å²) in [6, 6.07) is 5.10. The number of sulfonamides is 1. The molecule has 1 aromatic rings. The van der Waals surface area contributed by atoms with Gasteiger partial charge in [-0.3, -0.25) is 4.72 Å². The van der Waals surface area contributed by atoms with E-state index in [4.69, 9.17) is 16.7 Å². The van der Waals surface area contributed by atoms with Gasteiger partial charge in [0.2, 0.25) is 10.0 Å². The van der Waals surface area contributed by atoms with Crippen molar-refractivity contribution in [2.45, 2.75) is 13.3 Å². The largest absolute Gasteiger partial charge is 0.396 e. The summed E-state index contributed by atoms with van der Waals surface area (Å²) in [7, 11) is -3.43. The Balaban J connectivity index is 2.83. The first kappa shape index (κ1) is 13.3. The van der Waals surface area contributed by atoms with Crippen molar-refractivity contribution in [1.82, 2.24) is 0 Å². The third kappa shape index (κ3) is 4.00. The summed E-state index contributed by atoms with van der Waals surface area (Å²) in [5, 5.41) is 8.94. The van der Waals surface area contributed by atoms with Crippen molar-refractivity contribution in [2.75, 3.05) is 17.1 Å². The lowest BCUT2D eigenvalue weighted by molar-refractivity contribution is 0.295. The Morgan fingerprint density at radius 2 is 2.12 bits per heavy atom. The lowest BCUT2D eigenvalue weighted by Gasteiger charge is -2.09. The van der Waals surface area contributed by atoms with Crippen molar-refractivity contribution in [1.29, 1.82) is 0 Å². The second kappa shape index (κ2) is 5.52. The van der Waals surface area contributed by atoms with Gasteiger partial charge in [-0.2, -0.15) is 0 Å². The summed E-state index contributed by atoms with van der Waals surface area (Å²) in [5.41, 5.74) is 1.30. The quantitative estimate of drug-likeness (QED) is 0.851. The number of halogens is 1. The fourth-order valence-electron chi connectivity index (χ4n) is 1.19. The first-order valence-electron chi connectivity index (χ1n) is 4.82. The molecule has 4 nitrogen and oxygen atoms in total. The molecule has 0 radical (unpaired) electrons. The van der Waals surface area contributed by atoms with E-state index in [0.717, 1.165) is 5.56 Å². The van der Waals surface area contributed by atoms with E-state index in [1.54, 1.807) is 18.2 Å². The van der Waals surface area contributed by atoms with E-state index in [-0.39, 0.29) is 18.8 Å². The zero-order chi connectivity index (χ0) is 12.2. The van der Waals surface area contributed by atoms with Gasteiger partial charge < -0.3 is 5.11 Å². The number of benzene rings is 1. The standard InChI is InChI=1S/C10H14ClNO3S/c1-8-3-4-9(11)10(7-8)12-16(14,15)6-2-5-13/h3-4,7,12-13H,2,5-6H2,1H3. The lowest BCUT2D eigenvalue weighted by Crippen LogP contribution is -2.17. The number of hydrogen-bond donors (Lipinski definition) is 2. The van der Waals surface area contributed by atoms with Crippen LogP contribution >= 0.6 is 11.6 Å². The highest BCUT2D eigenvalue weighted by Gasteiger charge is 2.11. The van der Waals surface area contributed by atoms with Crippen LogP contribution in [0.2, 0.25) is 5.02 Å². The molecule has 0 aromatic heterocycles. The maximum absolute atomic E-state index is 11.5. The molecular weight excluding hydrogens is 250 g/mol. The van der Waals surface area contributed by atoms with E-state index >= 15 is 0 Å². The van der Waals surface area contributed by atoms with E-state index in [0.29, 0.717) is 10.7 Å². The molecule has 6 heteroatoms. The maximum atomic E-state index is 11.5. The van der Waals surface area contributed by atoms with Crippen molar-refractivity contribution in [3.63, 3.8) is 0 Å². The molecular formula is C10H14ClNO3S. The highest BCUT2D eigenvalue weighted by atomic mass is 35.5. The molecule has 0 spiro atoms. The minimum atomic E-state index is -3.43. The van der Waals surface area contributed by atoms with Gasteiger partial charge in [-0.25, -0.2) is 8.42 Å². The normalized spacial score (nSPS) is 11.4. The zero-order valence-corrected chi connectivity index (χ0v) is 10.5. The fourth-order valence-corrected chi connectivity index (χ4v) is 2.53. The number of anilines is 1. The van der Waals surface area contributed by atoms with Crippen LogP contribution in [0.4, 0.5) is 5.69 Å². The minimum Gasteiger partial charge on any atom is -0.396 e. The van der Waals surface area contributed by atoms with Crippen LogP contribution in [0.15, 0.2) is 18.2 Å². The number of aliphatic hydroxyl groups is 1. The average molecular weight is 264 g/mol. The summed E-state index contributed by atoms with van der Waals surface area (Å²) in [6.45, 7) is 1.70. The Bertz CT molecular complexity index is 459. The fraction of sp³-hybridized carbons (Fsp3) is 0.400. The predicted octanol–water partition coefficient (Wildman–Crippen LogP) is 1.77. The van der Waals surface area contributed by atoms with Gasteiger partial charge in [0, 0.05) is 6.61 Å². The number of rotatable bonds is 5. The first-order chi connectivity index (χ1) is 7.44. The van der Waals surface area contributed by atoms with E-state index in [9.17, 15) is 8.42 Å². The maximum Gasteiger partial charge on any atom is 0.232 e. The van der Waals surface area contributed by atoms with E-state index in [2.05, 4.69) is 4.72 Å². The summed E-state index contributed by atoms with van der Waals surface area (Å²) in [4.78, 5) is 0. The lowest BCUT2D eigenvalue weighted by atomic mass is 10.2. The van der Waals surface area contributed by atoms with Crippen molar-refractivity contribution >= 4 is 27.3 Å². The van der Waals surface area contributed by atoms with E-state index in [1.807, 2.05) is 6.92 Å². The molecule has 0 amide bonds. The monoisotopic (exact) mass is 263 g/mol. The molecule has 0 unspecified atom stereocenters. The summed E-state index contributed by atoms with van der Waals surface area (Å²) >= 11 is 5.86. The Labute approximate surface area is 100 Å². The Morgan fingerprint density at radius 1 is 1.44 bits per heavy atom. The molecule has 1 aromatic carbocycles.